The van der Waals surface area contributed by atoms with Crippen LogP contribution in [0.4, 0.5) is 0 Å². The number of hydrogen-bond acceptors (Lipinski definition) is 5. The summed E-state index contributed by atoms with van der Waals surface area (Å²) < 4.78 is 15.6. The van der Waals surface area contributed by atoms with Crippen LogP contribution in [-0.2, 0) is 11.3 Å². The maximum absolute atomic E-state index is 11.5. The highest BCUT2D eigenvalue weighted by atomic mass is 16.5. The summed E-state index contributed by atoms with van der Waals surface area (Å²) in [5.74, 6) is 0.844. The molecule has 0 saturated carbocycles. The van der Waals surface area contributed by atoms with Crippen LogP contribution in [0.2, 0.25) is 0 Å². The molecule has 1 aromatic carbocycles. The van der Waals surface area contributed by atoms with Crippen molar-refractivity contribution in [3.05, 3.63) is 53.7 Å². The minimum Gasteiger partial charge on any atom is -0.497 e. The second kappa shape index (κ2) is 7.28. The molecule has 0 spiro atoms. The molecule has 2 rings (SSSR count). The lowest BCUT2D eigenvalue weighted by Crippen LogP contribution is -2.05. The van der Waals surface area contributed by atoms with E-state index >= 15 is 0 Å². The summed E-state index contributed by atoms with van der Waals surface area (Å²) >= 11 is 0. The van der Waals surface area contributed by atoms with Gasteiger partial charge in [-0.15, -0.1) is 0 Å². The Morgan fingerprint density at radius 2 is 2.10 bits per heavy atom. The highest BCUT2D eigenvalue weighted by Gasteiger charge is 2.07. The van der Waals surface area contributed by atoms with E-state index in [1.807, 2.05) is 24.3 Å². The number of carbonyl (C=O) groups excluding carboxylic acids is 1. The molecule has 0 radical (unpaired) electrons. The Hall–Kier alpha value is -2.56. The summed E-state index contributed by atoms with van der Waals surface area (Å²) in [6.07, 6.45) is 1.44. The van der Waals surface area contributed by atoms with Gasteiger partial charge in [0.25, 0.3) is 0 Å². The van der Waals surface area contributed by atoms with Crippen molar-refractivity contribution in [1.82, 2.24) is 4.98 Å². The van der Waals surface area contributed by atoms with E-state index in [1.54, 1.807) is 26.2 Å². The minimum absolute atomic E-state index is 0.340. The molecular formula is C16H17NO4. The highest BCUT2D eigenvalue weighted by Crippen LogP contribution is 2.15. The second-order valence-corrected chi connectivity index (χ2v) is 4.25. The Kier molecular flexibility index (Phi) is 5.15. The first kappa shape index (κ1) is 14.8. The Morgan fingerprint density at radius 1 is 1.24 bits per heavy atom. The summed E-state index contributed by atoms with van der Waals surface area (Å²) in [6, 6.07) is 10.9. The normalized spacial score (nSPS) is 10.0. The third kappa shape index (κ3) is 4.21. The van der Waals surface area contributed by atoms with E-state index in [-0.39, 0.29) is 5.97 Å². The van der Waals surface area contributed by atoms with Gasteiger partial charge in [0.15, 0.2) is 0 Å². The van der Waals surface area contributed by atoms with E-state index in [0.29, 0.717) is 24.7 Å². The van der Waals surface area contributed by atoms with Crippen molar-refractivity contribution in [2.75, 3.05) is 13.7 Å². The van der Waals surface area contributed by atoms with Crippen molar-refractivity contribution in [2.24, 2.45) is 0 Å². The number of benzene rings is 1. The molecule has 2 aromatic rings. The molecule has 0 bridgehead atoms. The zero-order valence-corrected chi connectivity index (χ0v) is 12.0. The van der Waals surface area contributed by atoms with E-state index in [9.17, 15) is 4.79 Å². The predicted octanol–water partition coefficient (Wildman–Crippen LogP) is 2.85. The number of hydrogen-bond donors (Lipinski definition) is 0. The highest BCUT2D eigenvalue weighted by molar-refractivity contribution is 5.89. The van der Waals surface area contributed by atoms with Gasteiger partial charge in [-0.05, 0) is 30.7 Å². The smallest absolute Gasteiger partial charge is 0.339 e. The summed E-state index contributed by atoms with van der Waals surface area (Å²) in [5.41, 5.74) is 1.39. The third-order valence-corrected chi connectivity index (χ3v) is 2.77. The van der Waals surface area contributed by atoms with Crippen LogP contribution < -0.4 is 9.47 Å². The summed E-state index contributed by atoms with van der Waals surface area (Å²) in [4.78, 5) is 15.6. The molecule has 0 N–H and O–H groups in total. The van der Waals surface area contributed by atoms with Crippen molar-refractivity contribution in [3.63, 3.8) is 0 Å². The van der Waals surface area contributed by atoms with Crippen LogP contribution in [0.25, 0.3) is 0 Å². The predicted molar refractivity (Wildman–Crippen MR) is 77.5 cm³/mol. The van der Waals surface area contributed by atoms with E-state index < -0.39 is 0 Å². The molecule has 0 atom stereocenters. The van der Waals surface area contributed by atoms with Gasteiger partial charge in [-0.3, -0.25) is 0 Å². The molecule has 0 unspecified atom stereocenters. The lowest BCUT2D eigenvalue weighted by Gasteiger charge is -2.07. The van der Waals surface area contributed by atoms with Crippen LogP contribution >= 0.6 is 0 Å². The summed E-state index contributed by atoms with van der Waals surface area (Å²) in [6.45, 7) is 2.48. The average molecular weight is 287 g/mol. The first-order valence-electron chi connectivity index (χ1n) is 6.62. The largest absolute Gasteiger partial charge is 0.497 e. The van der Waals surface area contributed by atoms with Crippen LogP contribution in [0.5, 0.6) is 11.6 Å². The van der Waals surface area contributed by atoms with Gasteiger partial charge in [-0.25, -0.2) is 9.78 Å². The summed E-state index contributed by atoms with van der Waals surface area (Å²) in [5, 5.41) is 0. The molecule has 5 heteroatoms. The molecule has 0 fully saturated rings. The van der Waals surface area contributed by atoms with E-state index in [2.05, 4.69) is 4.98 Å². The van der Waals surface area contributed by atoms with Gasteiger partial charge < -0.3 is 14.2 Å². The lowest BCUT2D eigenvalue weighted by molar-refractivity contribution is 0.0526. The summed E-state index contributed by atoms with van der Waals surface area (Å²) in [7, 11) is 1.62. The SMILES string of the molecule is CCOC(=O)c1ccc(OCc2cccc(OC)c2)nc1. The number of rotatable bonds is 6. The van der Waals surface area contributed by atoms with E-state index in [0.717, 1.165) is 11.3 Å². The first-order valence-corrected chi connectivity index (χ1v) is 6.62. The number of carbonyl (C=O) groups is 1. The molecule has 0 aliphatic heterocycles. The van der Waals surface area contributed by atoms with Gasteiger partial charge in [-0.2, -0.15) is 0 Å². The molecule has 5 nitrogen and oxygen atoms in total. The van der Waals surface area contributed by atoms with Crippen LogP contribution in [-0.4, -0.2) is 24.7 Å². The van der Waals surface area contributed by atoms with Crippen LogP contribution in [0.3, 0.4) is 0 Å². The van der Waals surface area contributed by atoms with E-state index in [1.165, 1.54) is 6.20 Å². The zero-order chi connectivity index (χ0) is 15.1. The van der Waals surface area contributed by atoms with E-state index in [4.69, 9.17) is 14.2 Å². The zero-order valence-electron chi connectivity index (χ0n) is 12.0. The molecule has 110 valence electrons. The van der Waals surface area contributed by atoms with Crippen molar-refractivity contribution in [3.8, 4) is 11.6 Å². The van der Waals surface area contributed by atoms with Gasteiger partial charge >= 0.3 is 5.97 Å². The average Bonchev–Trinajstić information content (AvgIpc) is 2.54. The van der Waals surface area contributed by atoms with Crippen LogP contribution in [0.15, 0.2) is 42.6 Å². The number of ether oxygens (including phenoxy) is 3. The molecule has 1 heterocycles. The Morgan fingerprint density at radius 3 is 2.76 bits per heavy atom. The Balaban J connectivity index is 1.95. The number of aromatic nitrogens is 1. The number of nitrogens with zero attached hydrogens (tertiary/aromatic N) is 1. The van der Waals surface area contributed by atoms with Crippen LogP contribution in [0, 0.1) is 0 Å². The molecule has 0 aliphatic carbocycles. The fourth-order valence-corrected chi connectivity index (χ4v) is 1.72. The van der Waals surface area contributed by atoms with Gasteiger partial charge in [0.05, 0.1) is 19.3 Å². The number of esters is 1. The van der Waals surface area contributed by atoms with Gasteiger partial charge in [0.1, 0.15) is 12.4 Å². The molecule has 1 aromatic heterocycles. The molecular weight excluding hydrogens is 270 g/mol. The fraction of sp³-hybridized carbons (Fsp3) is 0.250. The molecule has 0 amide bonds. The number of pyridine rings is 1. The standard InChI is InChI=1S/C16H17NO4/c1-3-20-16(18)13-7-8-15(17-10-13)21-11-12-5-4-6-14(9-12)19-2/h4-10H,3,11H2,1-2H3. The van der Waals surface area contributed by atoms with Crippen molar-refractivity contribution < 1.29 is 19.0 Å². The van der Waals surface area contributed by atoms with Gasteiger partial charge in [0.2, 0.25) is 5.88 Å². The minimum atomic E-state index is -0.385. The van der Waals surface area contributed by atoms with Gasteiger partial charge in [0, 0.05) is 12.3 Å². The third-order valence-electron chi connectivity index (χ3n) is 2.77. The Bertz CT molecular complexity index is 595. The van der Waals surface area contributed by atoms with Gasteiger partial charge in [-0.1, -0.05) is 12.1 Å². The topological polar surface area (TPSA) is 57.7 Å². The quantitative estimate of drug-likeness (QED) is 0.765. The molecule has 0 saturated heterocycles. The second-order valence-electron chi connectivity index (χ2n) is 4.25. The van der Waals surface area contributed by atoms with Crippen molar-refractivity contribution in [1.29, 1.82) is 0 Å². The van der Waals surface area contributed by atoms with Crippen molar-refractivity contribution in [2.45, 2.75) is 13.5 Å². The maximum atomic E-state index is 11.5. The molecule has 21 heavy (non-hydrogen) atoms. The lowest BCUT2D eigenvalue weighted by atomic mass is 10.2. The molecule has 0 aliphatic rings. The monoisotopic (exact) mass is 287 g/mol. The fourth-order valence-electron chi connectivity index (χ4n) is 1.72. The maximum Gasteiger partial charge on any atom is 0.339 e. The first-order chi connectivity index (χ1) is 10.2. The number of methoxy groups -OCH3 is 1. The Labute approximate surface area is 123 Å². The van der Waals surface area contributed by atoms with Crippen molar-refractivity contribution >= 4 is 5.97 Å². The van der Waals surface area contributed by atoms with Crippen LogP contribution in [0.1, 0.15) is 22.8 Å².